The maximum absolute atomic E-state index is 4.92. The Kier molecular flexibility index (Phi) is 5.46. The molecule has 4 aromatic heterocycles. The molecule has 0 radical (unpaired) electrons. The van der Waals surface area contributed by atoms with Gasteiger partial charge in [0.15, 0.2) is 0 Å². The van der Waals surface area contributed by atoms with E-state index in [0.29, 0.717) is 0 Å². The Bertz CT molecular complexity index is 2950. The van der Waals surface area contributed by atoms with Crippen LogP contribution < -0.4 is 9.80 Å². The van der Waals surface area contributed by atoms with Gasteiger partial charge in [-0.2, -0.15) is 0 Å². The molecule has 0 amide bonds. The molecule has 0 atom stereocenters. The van der Waals surface area contributed by atoms with E-state index in [4.69, 9.17) is 4.98 Å². The summed E-state index contributed by atoms with van der Waals surface area (Å²) in [5, 5.41) is 7.54. The summed E-state index contributed by atoms with van der Waals surface area (Å²) in [6, 6.07) is 50.9. The minimum atomic E-state index is 0.812. The zero-order chi connectivity index (χ0) is 32.2. The molecule has 232 valence electrons. The Morgan fingerprint density at radius 2 is 1.20 bits per heavy atom. The summed E-state index contributed by atoms with van der Waals surface area (Å²) in [6.45, 7) is 0.812. The summed E-state index contributed by atoms with van der Waals surface area (Å²) in [6.07, 6.45) is 1.89. The van der Waals surface area contributed by atoms with E-state index < -0.39 is 0 Å². The Hall–Kier alpha value is -6.11. The Balaban J connectivity index is 1.21. The number of aromatic nitrogens is 3. The second-order valence-corrected chi connectivity index (χ2v) is 14.1. The molecular weight excluding hydrogens is 619 g/mol. The van der Waals surface area contributed by atoms with Crippen molar-refractivity contribution in [3.63, 3.8) is 0 Å². The van der Waals surface area contributed by atoms with Gasteiger partial charge in [-0.3, -0.25) is 4.57 Å². The van der Waals surface area contributed by atoms with E-state index in [0.717, 1.165) is 23.7 Å². The molecule has 0 saturated carbocycles. The van der Waals surface area contributed by atoms with E-state index in [9.17, 15) is 0 Å². The number of hydrogen-bond acceptors (Lipinski definition) is 4. The van der Waals surface area contributed by atoms with Gasteiger partial charge >= 0.3 is 0 Å². The van der Waals surface area contributed by atoms with Crippen LogP contribution in [0.3, 0.4) is 0 Å². The molecular formula is C43H29N5S. The molecule has 0 spiro atoms. The smallest absolute Gasteiger partial charge is 0.137 e. The monoisotopic (exact) mass is 647 g/mol. The van der Waals surface area contributed by atoms with E-state index in [1.807, 2.05) is 23.6 Å². The quantitative estimate of drug-likeness (QED) is 0.191. The summed E-state index contributed by atoms with van der Waals surface area (Å²) in [7, 11) is 2.16. The Labute approximate surface area is 286 Å². The predicted molar refractivity (Wildman–Crippen MR) is 208 cm³/mol. The number of pyridine rings is 1. The average molecular weight is 648 g/mol. The van der Waals surface area contributed by atoms with E-state index in [1.54, 1.807) is 0 Å². The SMILES string of the molecule is CN1CN(c2ccc3c4ccccc4n(-c4ccc5c6ccc7sc8ccccc8c7c6n(-c6ccccn6)c5c4)c3c2)c2ccccc21. The van der Waals surface area contributed by atoms with Gasteiger partial charge in [-0.05, 0) is 66.7 Å². The summed E-state index contributed by atoms with van der Waals surface area (Å²) in [4.78, 5) is 9.64. The normalized spacial score (nSPS) is 13.2. The van der Waals surface area contributed by atoms with Gasteiger partial charge in [0.05, 0.1) is 40.1 Å². The number of para-hydroxylation sites is 3. The number of fused-ring (bicyclic) bond motifs is 11. The van der Waals surface area contributed by atoms with Crippen LogP contribution in [0.25, 0.3) is 75.3 Å². The van der Waals surface area contributed by atoms with Crippen LogP contribution in [-0.4, -0.2) is 27.8 Å². The first-order valence-corrected chi connectivity index (χ1v) is 17.5. The van der Waals surface area contributed by atoms with Crippen LogP contribution in [-0.2, 0) is 0 Å². The molecule has 6 aromatic carbocycles. The number of nitrogens with zero attached hydrogens (tertiary/aromatic N) is 5. The molecule has 0 N–H and O–H groups in total. The molecule has 10 aromatic rings. The highest BCUT2D eigenvalue weighted by Crippen LogP contribution is 2.45. The lowest BCUT2D eigenvalue weighted by Crippen LogP contribution is -2.23. The van der Waals surface area contributed by atoms with Crippen molar-refractivity contribution >= 4 is 92.2 Å². The Morgan fingerprint density at radius 3 is 2.08 bits per heavy atom. The minimum absolute atomic E-state index is 0.812. The van der Waals surface area contributed by atoms with Crippen molar-refractivity contribution in [3.8, 4) is 11.5 Å². The van der Waals surface area contributed by atoms with Crippen molar-refractivity contribution in [1.82, 2.24) is 14.1 Å². The molecule has 1 aliphatic heterocycles. The van der Waals surface area contributed by atoms with Crippen molar-refractivity contribution in [1.29, 1.82) is 0 Å². The zero-order valence-electron chi connectivity index (χ0n) is 26.7. The average Bonchev–Trinajstić information content (AvgIpc) is 3.89. The summed E-state index contributed by atoms with van der Waals surface area (Å²) in [5.41, 5.74) is 9.54. The third kappa shape index (κ3) is 3.72. The first-order valence-electron chi connectivity index (χ1n) is 16.6. The molecule has 0 fully saturated rings. The van der Waals surface area contributed by atoms with Crippen LogP contribution >= 0.6 is 11.3 Å². The molecule has 5 nitrogen and oxygen atoms in total. The van der Waals surface area contributed by atoms with Gasteiger partial charge in [0.2, 0.25) is 0 Å². The second-order valence-electron chi connectivity index (χ2n) is 13.0. The fourth-order valence-corrected chi connectivity index (χ4v) is 9.28. The van der Waals surface area contributed by atoms with Crippen LogP contribution in [0.15, 0.2) is 146 Å². The van der Waals surface area contributed by atoms with E-state index in [1.165, 1.54) is 75.3 Å². The summed E-state index contributed by atoms with van der Waals surface area (Å²) < 4.78 is 7.41. The van der Waals surface area contributed by atoms with Crippen LogP contribution in [0.1, 0.15) is 0 Å². The molecule has 5 heterocycles. The van der Waals surface area contributed by atoms with Gasteiger partial charge in [0.1, 0.15) is 5.82 Å². The van der Waals surface area contributed by atoms with Crippen LogP contribution in [0.4, 0.5) is 17.1 Å². The number of anilines is 3. The van der Waals surface area contributed by atoms with Crippen molar-refractivity contribution in [2.24, 2.45) is 0 Å². The predicted octanol–water partition coefficient (Wildman–Crippen LogP) is 11.2. The maximum atomic E-state index is 4.92. The number of rotatable bonds is 3. The molecule has 0 aliphatic carbocycles. The zero-order valence-corrected chi connectivity index (χ0v) is 27.5. The highest BCUT2D eigenvalue weighted by Gasteiger charge is 2.25. The van der Waals surface area contributed by atoms with E-state index >= 15 is 0 Å². The second kappa shape index (κ2) is 9.95. The van der Waals surface area contributed by atoms with E-state index in [-0.39, 0.29) is 0 Å². The van der Waals surface area contributed by atoms with Gasteiger partial charge in [0.25, 0.3) is 0 Å². The lowest BCUT2D eigenvalue weighted by Gasteiger charge is -2.20. The molecule has 0 bridgehead atoms. The summed E-state index contributed by atoms with van der Waals surface area (Å²) in [5.74, 6) is 0.920. The van der Waals surface area contributed by atoms with Gasteiger partial charge in [-0.1, -0.05) is 72.8 Å². The van der Waals surface area contributed by atoms with Crippen molar-refractivity contribution in [2.45, 2.75) is 0 Å². The molecule has 1 aliphatic rings. The maximum Gasteiger partial charge on any atom is 0.137 e. The first-order chi connectivity index (χ1) is 24.2. The largest absolute Gasteiger partial charge is 0.355 e. The fourth-order valence-electron chi connectivity index (χ4n) is 8.17. The van der Waals surface area contributed by atoms with Gasteiger partial charge < -0.3 is 14.4 Å². The molecule has 49 heavy (non-hydrogen) atoms. The Morgan fingerprint density at radius 1 is 0.531 bits per heavy atom. The molecule has 11 rings (SSSR count). The number of thiophene rings is 1. The molecule has 0 unspecified atom stereocenters. The highest BCUT2D eigenvalue weighted by molar-refractivity contribution is 7.26. The van der Waals surface area contributed by atoms with E-state index in [2.05, 4.69) is 159 Å². The topological polar surface area (TPSA) is 29.2 Å². The van der Waals surface area contributed by atoms with Gasteiger partial charge in [0, 0.05) is 66.3 Å². The van der Waals surface area contributed by atoms with Crippen LogP contribution in [0.2, 0.25) is 0 Å². The number of hydrogen-bond donors (Lipinski definition) is 0. The third-order valence-corrected chi connectivity index (χ3v) is 11.4. The lowest BCUT2D eigenvalue weighted by atomic mass is 10.1. The van der Waals surface area contributed by atoms with Gasteiger partial charge in [-0.15, -0.1) is 11.3 Å². The van der Waals surface area contributed by atoms with Crippen LogP contribution in [0, 0.1) is 0 Å². The number of benzene rings is 6. The highest BCUT2D eigenvalue weighted by atomic mass is 32.1. The summed E-state index contributed by atoms with van der Waals surface area (Å²) >= 11 is 1.86. The van der Waals surface area contributed by atoms with Crippen molar-refractivity contribution < 1.29 is 0 Å². The third-order valence-electron chi connectivity index (χ3n) is 10.3. The van der Waals surface area contributed by atoms with Crippen molar-refractivity contribution in [3.05, 3.63) is 146 Å². The van der Waals surface area contributed by atoms with Crippen LogP contribution in [0.5, 0.6) is 0 Å². The molecule has 6 heteroatoms. The fraction of sp³-hybridized carbons (Fsp3) is 0.0465. The molecule has 0 saturated heterocycles. The first kappa shape index (κ1) is 26.9. The van der Waals surface area contributed by atoms with Crippen molar-refractivity contribution in [2.75, 3.05) is 23.5 Å². The standard InChI is InChI=1S/C43H29N5S/c1-45-26-46(36-14-6-5-13-35(36)45)27-17-19-30-29-10-2-4-12-34(29)47(37(30)24-27)28-18-20-31-32-21-22-40-42(33-11-3-7-15-39(33)49-40)43(32)48(38(31)25-28)41-16-8-9-23-44-41/h2-25H,26H2,1H3. The lowest BCUT2D eigenvalue weighted by molar-refractivity contribution is 0.950. The minimum Gasteiger partial charge on any atom is -0.355 e. The van der Waals surface area contributed by atoms with Gasteiger partial charge in [-0.25, -0.2) is 4.98 Å².